The third-order valence-electron chi connectivity index (χ3n) is 3.98. The molecule has 2 aromatic rings. The summed E-state index contributed by atoms with van der Waals surface area (Å²) < 4.78 is 5.77. The van der Waals surface area contributed by atoms with E-state index in [-0.39, 0.29) is 12.5 Å². The van der Waals surface area contributed by atoms with Crippen LogP contribution in [-0.4, -0.2) is 40.0 Å². The molecule has 3 rings (SSSR count). The van der Waals surface area contributed by atoms with Crippen LogP contribution in [0.1, 0.15) is 27.5 Å². The van der Waals surface area contributed by atoms with Crippen LogP contribution in [0.2, 0.25) is 0 Å². The van der Waals surface area contributed by atoms with Gasteiger partial charge in [-0.05, 0) is 25.5 Å². The number of likely N-dealkylation sites (tertiary alicyclic amines) is 1. The molecular formula is C17H18N2O4S. The molecule has 24 heavy (non-hydrogen) atoms. The van der Waals surface area contributed by atoms with Gasteiger partial charge < -0.3 is 14.7 Å². The zero-order valence-electron chi connectivity index (χ0n) is 13.3. The number of nitrogens with zero attached hydrogens (tertiary/aromatic N) is 2. The quantitative estimate of drug-likeness (QED) is 0.900. The fourth-order valence-electron chi connectivity index (χ4n) is 2.71. The highest BCUT2D eigenvalue weighted by molar-refractivity contribution is 7.09. The first-order chi connectivity index (χ1) is 11.5. The number of hydrogen-bond donors (Lipinski definition) is 1. The Hall–Kier alpha value is -2.41. The number of ether oxygens (including phenoxy) is 1. The van der Waals surface area contributed by atoms with Crippen molar-refractivity contribution in [1.29, 1.82) is 0 Å². The molecule has 0 aliphatic carbocycles. The van der Waals surface area contributed by atoms with E-state index in [9.17, 15) is 9.59 Å². The molecule has 1 aliphatic rings. The highest BCUT2D eigenvalue weighted by Gasteiger charge is 2.32. The van der Waals surface area contributed by atoms with E-state index in [1.807, 2.05) is 18.4 Å². The van der Waals surface area contributed by atoms with Crippen LogP contribution in [0, 0.1) is 12.8 Å². The maximum atomic E-state index is 12.7. The van der Waals surface area contributed by atoms with Crippen LogP contribution in [0.5, 0.6) is 5.75 Å². The van der Waals surface area contributed by atoms with Crippen molar-refractivity contribution >= 4 is 23.2 Å². The maximum absolute atomic E-state index is 12.7. The highest BCUT2D eigenvalue weighted by atomic mass is 32.1. The number of amides is 1. The van der Waals surface area contributed by atoms with E-state index >= 15 is 0 Å². The lowest BCUT2D eigenvalue weighted by atomic mass is 10.1. The summed E-state index contributed by atoms with van der Waals surface area (Å²) in [4.78, 5) is 29.7. The van der Waals surface area contributed by atoms with Gasteiger partial charge in [-0.15, -0.1) is 11.3 Å². The van der Waals surface area contributed by atoms with Crippen molar-refractivity contribution in [3.63, 3.8) is 0 Å². The third-order valence-corrected chi connectivity index (χ3v) is 4.81. The molecule has 0 bridgehead atoms. The van der Waals surface area contributed by atoms with Gasteiger partial charge in [0.25, 0.3) is 5.91 Å². The Labute approximate surface area is 143 Å². The third kappa shape index (κ3) is 3.56. The Balaban J connectivity index is 1.71. The molecule has 2 heterocycles. The number of carbonyl (C=O) groups is 2. The lowest BCUT2D eigenvalue weighted by Crippen LogP contribution is -2.30. The fraction of sp³-hybridized carbons (Fsp3) is 0.353. The van der Waals surface area contributed by atoms with Crippen LogP contribution in [0.4, 0.5) is 0 Å². The summed E-state index contributed by atoms with van der Waals surface area (Å²) in [5, 5.41) is 12.0. The molecule has 0 spiro atoms. The lowest BCUT2D eigenvalue weighted by molar-refractivity contribution is -0.141. The SMILES string of the molecule is Cc1nc(COc2ccccc2C(=O)N2CCC(C(=O)O)C2)cs1. The summed E-state index contributed by atoms with van der Waals surface area (Å²) in [6.07, 6.45) is 0.488. The Kier molecular flexibility index (Phi) is 4.80. The number of benzene rings is 1. The van der Waals surface area contributed by atoms with E-state index < -0.39 is 11.9 Å². The molecule has 1 aromatic heterocycles. The average molecular weight is 346 g/mol. The number of hydrogen-bond acceptors (Lipinski definition) is 5. The van der Waals surface area contributed by atoms with Crippen molar-refractivity contribution in [2.24, 2.45) is 5.92 Å². The smallest absolute Gasteiger partial charge is 0.308 e. The minimum Gasteiger partial charge on any atom is -0.486 e. The number of rotatable bonds is 5. The Morgan fingerprint density at radius 1 is 1.42 bits per heavy atom. The van der Waals surface area contributed by atoms with E-state index in [1.165, 1.54) is 0 Å². The molecule has 0 saturated carbocycles. The van der Waals surface area contributed by atoms with E-state index in [0.717, 1.165) is 10.7 Å². The van der Waals surface area contributed by atoms with Gasteiger partial charge in [0.15, 0.2) is 0 Å². The number of thiazole rings is 1. The summed E-state index contributed by atoms with van der Waals surface area (Å²) in [7, 11) is 0. The molecule has 1 fully saturated rings. The van der Waals surface area contributed by atoms with Crippen LogP contribution in [0.15, 0.2) is 29.6 Å². The largest absolute Gasteiger partial charge is 0.486 e. The number of aryl methyl sites for hydroxylation is 1. The van der Waals surface area contributed by atoms with E-state index in [4.69, 9.17) is 9.84 Å². The first kappa shape index (κ1) is 16.4. The van der Waals surface area contributed by atoms with Crippen LogP contribution in [0.25, 0.3) is 0 Å². The molecule has 1 unspecified atom stereocenters. The molecule has 1 amide bonds. The fourth-order valence-corrected chi connectivity index (χ4v) is 3.31. The predicted octanol–water partition coefficient (Wildman–Crippen LogP) is 2.58. The second-order valence-corrected chi connectivity index (χ2v) is 6.78. The van der Waals surface area contributed by atoms with Crippen molar-refractivity contribution < 1.29 is 19.4 Å². The maximum Gasteiger partial charge on any atom is 0.308 e. The minimum atomic E-state index is -0.853. The minimum absolute atomic E-state index is 0.191. The summed E-state index contributed by atoms with van der Waals surface area (Å²) >= 11 is 1.55. The van der Waals surface area contributed by atoms with Crippen LogP contribution < -0.4 is 4.74 Å². The molecule has 1 atom stereocenters. The van der Waals surface area contributed by atoms with Gasteiger partial charge in [0.05, 0.1) is 22.2 Å². The van der Waals surface area contributed by atoms with Crippen molar-refractivity contribution in [1.82, 2.24) is 9.88 Å². The Bertz CT molecular complexity index is 759. The molecule has 1 saturated heterocycles. The zero-order valence-corrected chi connectivity index (χ0v) is 14.1. The van der Waals surface area contributed by atoms with E-state index in [2.05, 4.69) is 4.98 Å². The molecular weight excluding hydrogens is 328 g/mol. The number of carboxylic acid groups (broad SMARTS) is 1. The molecule has 0 radical (unpaired) electrons. The second kappa shape index (κ2) is 7.00. The van der Waals surface area contributed by atoms with E-state index in [1.54, 1.807) is 34.4 Å². The van der Waals surface area contributed by atoms with Gasteiger partial charge in [-0.1, -0.05) is 12.1 Å². The lowest BCUT2D eigenvalue weighted by Gasteiger charge is -2.18. The number of aromatic nitrogens is 1. The summed E-state index contributed by atoms with van der Waals surface area (Å²) in [5.74, 6) is -1.04. The molecule has 1 aliphatic heterocycles. The topological polar surface area (TPSA) is 79.7 Å². The summed E-state index contributed by atoms with van der Waals surface area (Å²) in [5.41, 5.74) is 1.28. The van der Waals surface area contributed by atoms with Crippen LogP contribution in [-0.2, 0) is 11.4 Å². The zero-order chi connectivity index (χ0) is 17.1. The van der Waals surface area contributed by atoms with Crippen LogP contribution in [0.3, 0.4) is 0 Å². The summed E-state index contributed by atoms with van der Waals surface area (Å²) in [6.45, 7) is 2.92. The van der Waals surface area contributed by atoms with Crippen molar-refractivity contribution in [3.05, 3.63) is 45.9 Å². The van der Waals surface area contributed by atoms with Gasteiger partial charge in [0.1, 0.15) is 12.4 Å². The van der Waals surface area contributed by atoms with Gasteiger partial charge >= 0.3 is 5.97 Å². The number of para-hydroxylation sites is 1. The number of aliphatic carboxylic acids is 1. The van der Waals surface area contributed by atoms with Gasteiger partial charge in [0, 0.05) is 18.5 Å². The predicted molar refractivity (Wildman–Crippen MR) is 89.3 cm³/mol. The monoisotopic (exact) mass is 346 g/mol. The number of carboxylic acids is 1. The molecule has 6 nitrogen and oxygen atoms in total. The molecule has 126 valence electrons. The summed E-state index contributed by atoms with van der Waals surface area (Å²) in [6, 6.07) is 7.04. The normalized spacial score (nSPS) is 17.0. The van der Waals surface area contributed by atoms with Gasteiger partial charge in [-0.25, -0.2) is 4.98 Å². The van der Waals surface area contributed by atoms with Crippen LogP contribution >= 0.6 is 11.3 Å². The van der Waals surface area contributed by atoms with Crippen molar-refractivity contribution in [2.75, 3.05) is 13.1 Å². The molecule has 7 heteroatoms. The van der Waals surface area contributed by atoms with Gasteiger partial charge in [0.2, 0.25) is 0 Å². The molecule has 1 aromatic carbocycles. The average Bonchev–Trinajstić information content (AvgIpc) is 3.22. The van der Waals surface area contributed by atoms with Gasteiger partial charge in [-0.3, -0.25) is 9.59 Å². The second-order valence-electron chi connectivity index (χ2n) is 5.72. The standard InChI is InChI=1S/C17H18N2O4S/c1-11-18-13(10-24-11)9-23-15-5-3-2-4-14(15)16(20)19-7-6-12(8-19)17(21)22/h2-5,10,12H,6-9H2,1H3,(H,21,22). The van der Waals surface area contributed by atoms with Crippen molar-refractivity contribution in [2.45, 2.75) is 20.0 Å². The number of carbonyl (C=O) groups excluding carboxylic acids is 1. The Morgan fingerprint density at radius 3 is 2.88 bits per heavy atom. The van der Waals surface area contributed by atoms with E-state index in [0.29, 0.717) is 30.9 Å². The molecule has 1 N–H and O–H groups in total. The van der Waals surface area contributed by atoms with Gasteiger partial charge in [-0.2, -0.15) is 0 Å². The first-order valence-electron chi connectivity index (χ1n) is 7.69. The Morgan fingerprint density at radius 2 is 2.21 bits per heavy atom. The first-order valence-corrected chi connectivity index (χ1v) is 8.57. The highest BCUT2D eigenvalue weighted by Crippen LogP contribution is 2.25. The van der Waals surface area contributed by atoms with Crippen molar-refractivity contribution in [3.8, 4) is 5.75 Å².